The summed E-state index contributed by atoms with van der Waals surface area (Å²) in [6.45, 7) is 0.683. The van der Waals surface area contributed by atoms with Crippen LogP contribution in [-0.2, 0) is 4.74 Å². The van der Waals surface area contributed by atoms with Gasteiger partial charge in [0.05, 0.1) is 18.7 Å². The van der Waals surface area contributed by atoms with Crippen LogP contribution in [-0.4, -0.2) is 85.9 Å². The summed E-state index contributed by atoms with van der Waals surface area (Å²) in [6.07, 6.45) is -1.25. The molecule has 0 saturated carbocycles. The molecule has 0 bridgehead atoms. The maximum absolute atomic E-state index is 14.0. The minimum atomic E-state index is -1.98. The lowest BCUT2D eigenvalue weighted by molar-refractivity contribution is -0.228. The van der Waals surface area contributed by atoms with Crippen LogP contribution in [0.25, 0.3) is 0 Å². The number of carbonyl (C=O) groups is 1. The van der Waals surface area contributed by atoms with Crippen molar-refractivity contribution in [2.45, 2.75) is 36.4 Å². The van der Waals surface area contributed by atoms with Gasteiger partial charge in [0.1, 0.15) is 23.5 Å². The Kier molecular flexibility index (Phi) is 4.19. The maximum atomic E-state index is 14.0. The molecule has 29 heavy (non-hydrogen) atoms. The van der Waals surface area contributed by atoms with Crippen LogP contribution in [0, 0.1) is 5.82 Å². The lowest BCUT2D eigenvalue weighted by Gasteiger charge is -2.51. The number of hydroxylamine groups is 2. The van der Waals surface area contributed by atoms with Gasteiger partial charge in [0.2, 0.25) is 11.6 Å². The highest BCUT2D eigenvalue weighted by atomic mass is 19.1. The number of guanidine groups is 2. The van der Waals surface area contributed by atoms with Gasteiger partial charge in [0, 0.05) is 0 Å². The molecule has 3 heterocycles. The first-order valence-electron chi connectivity index (χ1n) is 8.88. The Hall–Kier alpha value is -2.96. The smallest absolute Gasteiger partial charge is 0.341 e. The van der Waals surface area contributed by atoms with Gasteiger partial charge in [-0.3, -0.25) is 5.21 Å². The minimum absolute atomic E-state index is 0.103. The molecule has 0 aliphatic carbocycles. The van der Waals surface area contributed by atoms with E-state index in [1.807, 2.05) is 0 Å². The van der Waals surface area contributed by atoms with Crippen LogP contribution < -0.4 is 11.5 Å². The molecule has 11 nitrogen and oxygen atoms in total. The number of carbonyl (C=O) groups excluding carboxylic acids is 1. The molecule has 0 radical (unpaired) electrons. The van der Waals surface area contributed by atoms with Crippen molar-refractivity contribution in [2.24, 2.45) is 21.5 Å². The Bertz CT molecular complexity index is 923. The Morgan fingerprint density at radius 1 is 1.34 bits per heavy atom. The van der Waals surface area contributed by atoms with E-state index >= 15 is 0 Å². The van der Waals surface area contributed by atoms with Crippen molar-refractivity contribution >= 4 is 17.9 Å². The Morgan fingerprint density at radius 2 is 2.03 bits per heavy atom. The van der Waals surface area contributed by atoms with Crippen LogP contribution >= 0.6 is 0 Å². The average molecular weight is 408 g/mol. The summed E-state index contributed by atoms with van der Waals surface area (Å²) in [5, 5.41) is 32.4. The Morgan fingerprint density at radius 3 is 2.69 bits per heavy atom. The van der Waals surface area contributed by atoms with E-state index in [-0.39, 0.29) is 24.0 Å². The quantitative estimate of drug-likeness (QED) is 0.362. The molecule has 0 aromatic heterocycles. The predicted octanol–water partition coefficient (Wildman–Crippen LogP) is -1.81. The van der Waals surface area contributed by atoms with Gasteiger partial charge in [0.25, 0.3) is 0 Å². The van der Waals surface area contributed by atoms with Gasteiger partial charge in [-0.1, -0.05) is 12.1 Å². The van der Waals surface area contributed by atoms with Crippen LogP contribution in [0.4, 0.5) is 4.39 Å². The standard InChI is InChI=1S/C17H21FN6O5/c1-16(27)11(29-13(26)8-4-2-3-5-9(8)18)6-23-14(19)21-10(7-25)12-17(16,23)24(28)15(20)22-12/h2-5,10-12,25,27-28H,6-7H2,1H3,(H2,19,21)(H2,20,22). The van der Waals surface area contributed by atoms with Gasteiger partial charge in [-0.25, -0.2) is 19.2 Å². The lowest BCUT2D eigenvalue weighted by Crippen LogP contribution is -2.76. The molecular formula is C17H21FN6O5. The highest BCUT2D eigenvalue weighted by Gasteiger charge is 2.75. The van der Waals surface area contributed by atoms with Crippen LogP contribution in [0.15, 0.2) is 34.3 Å². The van der Waals surface area contributed by atoms with Crippen LogP contribution in [0.2, 0.25) is 0 Å². The summed E-state index contributed by atoms with van der Waals surface area (Å²) in [5.41, 5.74) is 7.75. The van der Waals surface area contributed by atoms with Gasteiger partial charge in [-0.2, -0.15) is 5.06 Å². The first-order valence-corrected chi connectivity index (χ1v) is 8.88. The zero-order chi connectivity index (χ0) is 21.1. The van der Waals surface area contributed by atoms with Gasteiger partial charge in [-0.15, -0.1) is 0 Å². The average Bonchev–Trinajstić information content (AvgIpc) is 3.08. The second-order valence-electron chi connectivity index (χ2n) is 7.34. The normalized spacial score (nSPS) is 35.7. The number of ether oxygens (including phenoxy) is 1. The van der Waals surface area contributed by atoms with E-state index in [0.717, 1.165) is 6.07 Å². The van der Waals surface area contributed by atoms with E-state index in [0.29, 0.717) is 5.06 Å². The summed E-state index contributed by atoms with van der Waals surface area (Å²) >= 11 is 0. The van der Waals surface area contributed by atoms with Crippen molar-refractivity contribution in [1.29, 1.82) is 0 Å². The first kappa shape index (κ1) is 19.4. The van der Waals surface area contributed by atoms with E-state index in [1.54, 1.807) is 0 Å². The van der Waals surface area contributed by atoms with E-state index in [9.17, 15) is 24.6 Å². The summed E-state index contributed by atoms with van der Waals surface area (Å²) in [7, 11) is 0. The van der Waals surface area contributed by atoms with E-state index in [4.69, 9.17) is 16.2 Å². The fraction of sp³-hybridized carbons (Fsp3) is 0.471. The second-order valence-corrected chi connectivity index (χ2v) is 7.34. The largest absolute Gasteiger partial charge is 0.454 e. The van der Waals surface area contributed by atoms with Crippen molar-refractivity contribution < 1.29 is 29.3 Å². The number of esters is 1. The zero-order valence-corrected chi connectivity index (χ0v) is 15.4. The summed E-state index contributed by atoms with van der Waals surface area (Å²) in [6, 6.07) is 3.37. The summed E-state index contributed by atoms with van der Waals surface area (Å²) < 4.78 is 19.4. The molecule has 3 aliphatic rings. The fourth-order valence-corrected chi connectivity index (χ4v) is 4.41. The third kappa shape index (κ3) is 2.36. The van der Waals surface area contributed by atoms with Crippen LogP contribution in [0.1, 0.15) is 17.3 Å². The number of aliphatic imine (C=N–C) groups is 2. The molecule has 1 spiro atoms. The van der Waals surface area contributed by atoms with Gasteiger partial charge >= 0.3 is 5.97 Å². The molecule has 7 N–H and O–H groups in total. The monoisotopic (exact) mass is 408 g/mol. The third-order valence-corrected chi connectivity index (χ3v) is 5.82. The van der Waals surface area contributed by atoms with Gasteiger partial charge in [0.15, 0.2) is 12.1 Å². The van der Waals surface area contributed by atoms with E-state index < -0.39 is 47.8 Å². The van der Waals surface area contributed by atoms with E-state index in [2.05, 4.69) is 9.98 Å². The molecule has 3 aliphatic heterocycles. The third-order valence-electron chi connectivity index (χ3n) is 5.82. The molecule has 0 amide bonds. The predicted molar refractivity (Wildman–Crippen MR) is 97.2 cm³/mol. The Labute approximate surface area is 164 Å². The van der Waals surface area contributed by atoms with Gasteiger partial charge in [-0.05, 0) is 19.1 Å². The zero-order valence-electron chi connectivity index (χ0n) is 15.4. The minimum Gasteiger partial charge on any atom is -0.454 e. The number of halogens is 1. The number of hydrogen-bond acceptors (Lipinski definition) is 11. The number of nitrogens with two attached hydrogens (primary N) is 2. The fourth-order valence-electron chi connectivity index (χ4n) is 4.41. The van der Waals surface area contributed by atoms with Crippen molar-refractivity contribution in [3.8, 4) is 0 Å². The molecule has 5 atom stereocenters. The molecule has 1 fully saturated rings. The molecule has 4 rings (SSSR count). The lowest BCUT2D eigenvalue weighted by atomic mass is 9.79. The second kappa shape index (κ2) is 6.27. The Balaban J connectivity index is 1.74. The highest BCUT2D eigenvalue weighted by molar-refractivity contribution is 5.90. The van der Waals surface area contributed by atoms with Crippen LogP contribution in [0.3, 0.4) is 0 Å². The number of aliphatic hydroxyl groups is 2. The topological polar surface area (TPSA) is 170 Å². The number of aliphatic hydroxyl groups excluding tert-OH is 1. The summed E-state index contributed by atoms with van der Waals surface area (Å²) in [5.74, 6) is -2.19. The molecule has 12 heteroatoms. The summed E-state index contributed by atoms with van der Waals surface area (Å²) in [4.78, 5) is 22.2. The van der Waals surface area contributed by atoms with Crippen LogP contribution in [0.5, 0.6) is 0 Å². The molecule has 1 saturated heterocycles. The van der Waals surface area contributed by atoms with Crippen molar-refractivity contribution in [2.75, 3.05) is 13.2 Å². The molecule has 5 unspecified atom stereocenters. The van der Waals surface area contributed by atoms with E-state index in [1.165, 1.54) is 30.0 Å². The number of hydrogen-bond donors (Lipinski definition) is 5. The SMILES string of the molecule is CC1(O)C(OC(=O)c2ccccc2F)CN2C(N)=NC(CO)C3N=C(N)N(O)C321. The first-order chi connectivity index (χ1) is 13.7. The molecule has 1 aromatic rings. The number of nitrogens with zero attached hydrogens (tertiary/aromatic N) is 4. The molecule has 1 aromatic carbocycles. The van der Waals surface area contributed by atoms with Crippen molar-refractivity contribution in [3.05, 3.63) is 35.6 Å². The number of rotatable bonds is 3. The van der Waals surface area contributed by atoms with Gasteiger partial charge < -0.3 is 31.3 Å². The molecular weight excluding hydrogens is 387 g/mol. The highest BCUT2D eigenvalue weighted by Crippen LogP contribution is 2.50. The molecule has 156 valence electrons. The van der Waals surface area contributed by atoms with Crippen molar-refractivity contribution in [3.63, 3.8) is 0 Å². The van der Waals surface area contributed by atoms with Crippen molar-refractivity contribution in [1.82, 2.24) is 9.96 Å². The number of benzene rings is 1. The maximum Gasteiger partial charge on any atom is 0.341 e.